The van der Waals surface area contributed by atoms with E-state index < -0.39 is 0 Å². The summed E-state index contributed by atoms with van der Waals surface area (Å²) in [5.74, 6) is -0.235. The van der Waals surface area contributed by atoms with Crippen LogP contribution in [0.2, 0.25) is 0 Å². The lowest BCUT2D eigenvalue weighted by atomic mass is 10.1. The van der Waals surface area contributed by atoms with Gasteiger partial charge >= 0.3 is 0 Å². The quantitative estimate of drug-likeness (QED) is 0.442. The van der Waals surface area contributed by atoms with E-state index in [4.69, 9.17) is 12.2 Å². The summed E-state index contributed by atoms with van der Waals surface area (Å²) in [6.45, 7) is 2.46. The fourth-order valence-electron chi connectivity index (χ4n) is 4.22. The Bertz CT molecular complexity index is 1340. The van der Waals surface area contributed by atoms with Crippen LogP contribution in [-0.2, 0) is 11.8 Å². The monoisotopic (exact) mass is 448 g/mol. The van der Waals surface area contributed by atoms with Crippen molar-refractivity contribution in [1.82, 2.24) is 9.36 Å². The fourth-order valence-corrected chi connectivity index (χ4v) is 5.56. The first-order valence-electron chi connectivity index (χ1n) is 9.84. The molecule has 0 radical (unpaired) electrons. The number of hydrogen-bond donors (Lipinski definition) is 0. The van der Waals surface area contributed by atoms with E-state index in [-0.39, 0.29) is 11.5 Å². The van der Waals surface area contributed by atoms with Gasteiger partial charge in [0.2, 0.25) is 0 Å². The van der Waals surface area contributed by atoms with Gasteiger partial charge < -0.3 is 4.90 Å². The number of aromatic nitrogens is 2. The van der Waals surface area contributed by atoms with Crippen molar-refractivity contribution in [3.63, 3.8) is 0 Å². The van der Waals surface area contributed by atoms with Crippen molar-refractivity contribution >= 4 is 51.2 Å². The van der Waals surface area contributed by atoms with Crippen LogP contribution in [0.1, 0.15) is 11.3 Å². The zero-order valence-corrected chi connectivity index (χ0v) is 19.0. The number of fused-ring (bicyclic) bond motifs is 1. The van der Waals surface area contributed by atoms with E-state index in [1.165, 1.54) is 16.7 Å². The summed E-state index contributed by atoms with van der Waals surface area (Å²) in [5.41, 5.74) is 4.54. The molecule has 1 saturated heterocycles. The van der Waals surface area contributed by atoms with E-state index in [2.05, 4.69) is 4.90 Å². The van der Waals surface area contributed by atoms with Gasteiger partial charge in [0.05, 0.1) is 16.3 Å². The molecule has 0 atom stereocenters. The molecule has 156 valence electrons. The highest BCUT2D eigenvalue weighted by atomic mass is 32.2. The lowest BCUT2D eigenvalue weighted by molar-refractivity contribution is -0.113. The van der Waals surface area contributed by atoms with Crippen LogP contribution in [0, 0.1) is 6.92 Å². The first kappa shape index (κ1) is 19.8. The second kappa shape index (κ2) is 7.25. The Labute approximate surface area is 189 Å². The standard InChI is InChI=1S/C23H20N4O2S2/c1-14-19(21(28)27(25(14)3)15-9-5-4-6-10-15)26-22(29)20(31-23(26)30)17-13-24(2)18-12-8-7-11-16(17)18/h4-12H,13H2,1-3H3/b20-17+. The normalized spacial score (nSPS) is 18.3. The van der Waals surface area contributed by atoms with Gasteiger partial charge in [-0.1, -0.05) is 60.4 Å². The lowest BCUT2D eigenvalue weighted by Gasteiger charge is -2.13. The van der Waals surface area contributed by atoms with Gasteiger partial charge in [0, 0.05) is 37.5 Å². The van der Waals surface area contributed by atoms with Crippen LogP contribution in [0.25, 0.3) is 11.3 Å². The number of hydrogen-bond acceptors (Lipinski definition) is 5. The molecule has 0 N–H and O–H groups in total. The van der Waals surface area contributed by atoms with Gasteiger partial charge in [0.1, 0.15) is 5.69 Å². The Morgan fingerprint density at radius 1 is 0.968 bits per heavy atom. The number of carbonyl (C=O) groups is 1. The van der Waals surface area contributed by atoms with Crippen molar-refractivity contribution in [3.8, 4) is 5.69 Å². The van der Waals surface area contributed by atoms with Gasteiger partial charge in [-0.3, -0.25) is 19.2 Å². The number of nitrogens with zero attached hydrogens (tertiary/aromatic N) is 4. The average molecular weight is 449 g/mol. The van der Waals surface area contributed by atoms with Gasteiger partial charge in [0.15, 0.2) is 4.32 Å². The number of rotatable bonds is 2. The second-order valence-electron chi connectivity index (χ2n) is 7.60. The van der Waals surface area contributed by atoms with Gasteiger partial charge in [-0.2, -0.15) is 0 Å². The Kier molecular flexibility index (Phi) is 4.64. The summed E-state index contributed by atoms with van der Waals surface area (Å²) >= 11 is 6.86. The third-order valence-electron chi connectivity index (χ3n) is 5.83. The molecule has 0 unspecified atom stereocenters. The van der Waals surface area contributed by atoms with Gasteiger partial charge in [-0.05, 0) is 25.1 Å². The van der Waals surface area contributed by atoms with E-state index in [0.29, 0.717) is 27.2 Å². The Balaban J connectivity index is 1.64. The molecule has 31 heavy (non-hydrogen) atoms. The first-order chi connectivity index (χ1) is 14.9. The molecule has 2 aromatic carbocycles. The highest BCUT2D eigenvalue weighted by Crippen LogP contribution is 2.44. The molecular formula is C23H20N4O2S2. The third-order valence-corrected chi connectivity index (χ3v) is 7.24. The molecule has 1 amide bonds. The zero-order chi connectivity index (χ0) is 21.9. The number of thiocarbonyl (C=S) groups is 1. The van der Waals surface area contributed by atoms with Gasteiger partial charge in [0.25, 0.3) is 11.5 Å². The fraction of sp³-hybridized carbons (Fsp3) is 0.174. The van der Waals surface area contributed by atoms with E-state index >= 15 is 0 Å². The van der Waals surface area contributed by atoms with Crippen LogP contribution in [0.15, 0.2) is 64.3 Å². The predicted molar refractivity (Wildman–Crippen MR) is 130 cm³/mol. The van der Waals surface area contributed by atoms with E-state index in [1.54, 1.807) is 9.36 Å². The number of carbonyl (C=O) groups excluding carboxylic acids is 1. The molecule has 1 fully saturated rings. The summed E-state index contributed by atoms with van der Waals surface area (Å²) in [5, 5.41) is 0. The van der Waals surface area contributed by atoms with E-state index in [0.717, 1.165) is 22.5 Å². The van der Waals surface area contributed by atoms with Crippen molar-refractivity contribution in [2.24, 2.45) is 7.05 Å². The van der Waals surface area contributed by atoms with Crippen molar-refractivity contribution in [1.29, 1.82) is 0 Å². The Morgan fingerprint density at radius 2 is 1.65 bits per heavy atom. The molecule has 1 aromatic heterocycles. The number of likely N-dealkylation sites (N-methyl/N-ethyl adjacent to an activating group) is 1. The lowest BCUT2D eigenvalue weighted by Crippen LogP contribution is -2.33. The maximum absolute atomic E-state index is 13.6. The molecule has 8 heteroatoms. The minimum Gasteiger partial charge on any atom is -0.370 e. The van der Waals surface area contributed by atoms with Crippen LogP contribution in [0.4, 0.5) is 11.4 Å². The summed E-state index contributed by atoms with van der Waals surface area (Å²) in [4.78, 5) is 31.1. The smallest absolute Gasteiger partial charge is 0.296 e. The van der Waals surface area contributed by atoms with Crippen molar-refractivity contribution in [2.45, 2.75) is 6.92 Å². The van der Waals surface area contributed by atoms with Crippen molar-refractivity contribution in [3.05, 3.63) is 81.1 Å². The number of benzene rings is 2. The number of thioether (sulfide) groups is 1. The minimum atomic E-state index is -0.266. The summed E-state index contributed by atoms with van der Waals surface area (Å²) in [7, 11) is 3.82. The van der Waals surface area contributed by atoms with Crippen LogP contribution in [0.3, 0.4) is 0 Å². The molecule has 0 aliphatic carbocycles. The molecule has 0 saturated carbocycles. The zero-order valence-electron chi connectivity index (χ0n) is 17.3. The number of anilines is 2. The van der Waals surface area contributed by atoms with E-state index in [9.17, 15) is 9.59 Å². The Morgan fingerprint density at radius 3 is 2.39 bits per heavy atom. The van der Waals surface area contributed by atoms with Crippen molar-refractivity contribution in [2.75, 3.05) is 23.4 Å². The van der Waals surface area contributed by atoms with Crippen LogP contribution < -0.4 is 15.4 Å². The summed E-state index contributed by atoms with van der Waals surface area (Å²) in [6.07, 6.45) is 0. The molecule has 6 nitrogen and oxygen atoms in total. The second-order valence-corrected chi connectivity index (χ2v) is 9.24. The predicted octanol–water partition coefficient (Wildman–Crippen LogP) is 3.71. The summed E-state index contributed by atoms with van der Waals surface area (Å²) < 4.78 is 3.71. The Hall–Kier alpha value is -3.10. The van der Waals surface area contributed by atoms with Gasteiger partial charge in [-0.15, -0.1) is 0 Å². The largest absolute Gasteiger partial charge is 0.370 e. The molecule has 2 aliphatic rings. The average Bonchev–Trinajstić information content (AvgIpc) is 3.33. The maximum Gasteiger partial charge on any atom is 0.296 e. The molecule has 5 rings (SSSR count). The van der Waals surface area contributed by atoms with Gasteiger partial charge in [-0.25, -0.2) is 4.68 Å². The van der Waals surface area contributed by atoms with Crippen molar-refractivity contribution < 1.29 is 4.79 Å². The third kappa shape index (κ3) is 2.90. The topological polar surface area (TPSA) is 50.5 Å². The molecule has 3 aromatic rings. The van der Waals surface area contributed by atoms with Crippen LogP contribution >= 0.6 is 24.0 Å². The maximum atomic E-state index is 13.6. The molecule has 0 bridgehead atoms. The minimum absolute atomic E-state index is 0.235. The molecule has 0 spiro atoms. The first-order valence-corrected chi connectivity index (χ1v) is 11.1. The highest BCUT2D eigenvalue weighted by molar-refractivity contribution is 8.27. The molecule has 3 heterocycles. The van der Waals surface area contributed by atoms with Crippen LogP contribution in [0.5, 0.6) is 0 Å². The molecule has 2 aliphatic heterocycles. The highest BCUT2D eigenvalue weighted by Gasteiger charge is 2.40. The molecular weight excluding hydrogens is 428 g/mol. The van der Waals surface area contributed by atoms with E-state index in [1.807, 2.05) is 75.6 Å². The number of amides is 1. The van der Waals surface area contributed by atoms with Crippen LogP contribution in [-0.4, -0.2) is 33.2 Å². The summed E-state index contributed by atoms with van der Waals surface area (Å²) in [6, 6.07) is 17.4. The SMILES string of the molecule is Cc1c(N2C(=O)/C(=C3/CN(C)c4ccccc43)SC2=S)c(=O)n(-c2ccccc2)n1C. The number of para-hydroxylation sites is 2.